The quantitative estimate of drug-likeness (QED) is 0.800. The molecule has 0 bridgehead atoms. The Morgan fingerprint density at radius 2 is 2.29 bits per heavy atom. The maximum absolute atomic E-state index is 12.0. The topological polar surface area (TPSA) is 80.9 Å². The first-order valence-corrected chi connectivity index (χ1v) is 6.29. The molecule has 0 unspecified atom stereocenters. The van der Waals surface area contributed by atoms with Crippen molar-refractivity contribution >= 4 is 38.8 Å². The summed E-state index contributed by atoms with van der Waals surface area (Å²) in [7, 11) is 0. The first-order valence-electron chi connectivity index (χ1n) is 5.06. The van der Waals surface area contributed by atoms with E-state index in [1.165, 1.54) is 11.3 Å². The second kappa shape index (κ2) is 4.42. The molecule has 0 atom stereocenters. The molecule has 0 radical (unpaired) electrons. The highest BCUT2D eigenvalue weighted by atomic mass is 32.1. The maximum Gasteiger partial charge on any atom is 0.329 e. The highest BCUT2D eigenvalue weighted by Crippen LogP contribution is 2.20. The van der Waals surface area contributed by atoms with Gasteiger partial charge in [0.25, 0.3) is 5.56 Å². The molecule has 2 heterocycles. The van der Waals surface area contributed by atoms with Gasteiger partial charge in [0, 0.05) is 4.88 Å². The Bertz CT molecular complexity index is 696. The SMILES string of the molecule is CCc1cc2c(=O)n(CC(N)=S)c(=O)[nH]c2s1. The van der Waals surface area contributed by atoms with Gasteiger partial charge in [0.15, 0.2) is 0 Å². The Balaban J connectivity index is 2.74. The highest BCUT2D eigenvalue weighted by molar-refractivity contribution is 7.80. The molecule has 0 saturated heterocycles. The third kappa shape index (κ3) is 2.16. The fourth-order valence-electron chi connectivity index (χ4n) is 1.57. The number of hydrogen-bond donors (Lipinski definition) is 2. The van der Waals surface area contributed by atoms with Crippen LogP contribution in [0.2, 0.25) is 0 Å². The van der Waals surface area contributed by atoms with Crippen LogP contribution in [0.25, 0.3) is 10.2 Å². The molecule has 17 heavy (non-hydrogen) atoms. The smallest absolute Gasteiger partial charge is 0.329 e. The molecule has 2 aromatic heterocycles. The summed E-state index contributed by atoms with van der Waals surface area (Å²) in [6, 6.07) is 1.80. The number of aromatic amines is 1. The first kappa shape index (κ1) is 12.0. The van der Waals surface area contributed by atoms with Crippen molar-refractivity contribution in [3.63, 3.8) is 0 Å². The second-order valence-electron chi connectivity index (χ2n) is 3.60. The fourth-order valence-corrected chi connectivity index (χ4v) is 2.68. The second-order valence-corrected chi connectivity index (χ2v) is 5.26. The maximum atomic E-state index is 12.0. The molecule has 0 aliphatic carbocycles. The Labute approximate surface area is 106 Å². The van der Waals surface area contributed by atoms with Gasteiger partial charge in [-0.1, -0.05) is 19.1 Å². The molecule has 2 aromatic rings. The minimum atomic E-state index is -0.472. The van der Waals surface area contributed by atoms with Crippen LogP contribution in [0.5, 0.6) is 0 Å². The average Bonchev–Trinajstić information content (AvgIpc) is 2.67. The average molecular weight is 269 g/mol. The first-order chi connectivity index (χ1) is 8.02. The van der Waals surface area contributed by atoms with Crippen LogP contribution in [-0.4, -0.2) is 14.5 Å². The summed E-state index contributed by atoms with van der Waals surface area (Å²) >= 11 is 6.14. The molecular formula is C10H11N3O2S2. The summed E-state index contributed by atoms with van der Waals surface area (Å²) in [6.45, 7) is 1.97. The standard InChI is InChI=1S/C10H11N3O2S2/c1-2-5-3-6-8(17-5)12-10(15)13(9(6)14)4-7(11)16/h3H,2,4H2,1H3,(H2,11,16)(H,12,15). The molecule has 0 spiro atoms. The monoisotopic (exact) mass is 269 g/mol. The minimum Gasteiger partial charge on any atom is -0.392 e. The van der Waals surface area contributed by atoms with Gasteiger partial charge in [-0.3, -0.25) is 14.3 Å². The number of nitrogens with zero attached hydrogens (tertiary/aromatic N) is 1. The van der Waals surface area contributed by atoms with E-state index in [0.29, 0.717) is 10.2 Å². The Kier molecular flexibility index (Phi) is 3.12. The van der Waals surface area contributed by atoms with Crippen molar-refractivity contribution in [2.24, 2.45) is 5.73 Å². The van der Waals surface area contributed by atoms with Crippen LogP contribution in [0.4, 0.5) is 0 Å². The van der Waals surface area contributed by atoms with Crippen LogP contribution >= 0.6 is 23.6 Å². The zero-order valence-electron chi connectivity index (χ0n) is 9.15. The Hall–Kier alpha value is -1.47. The molecule has 90 valence electrons. The van der Waals surface area contributed by atoms with Gasteiger partial charge in [-0.2, -0.15) is 0 Å². The van der Waals surface area contributed by atoms with Gasteiger partial charge in [0.1, 0.15) is 4.83 Å². The summed E-state index contributed by atoms with van der Waals surface area (Å²) in [5, 5.41) is 0.516. The number of nitrogens with one attached hydrogen (secondary N) is 1. The van der Waals surface area contributed by atoms with Crippen LogP contribution < -0.4 is 17.0 Å². The number of nitrogens with two attached hydrogens (primary N) is 1. The van der Waals surface area contributed by atoms with Gasteiger partial charge in [-0.05, 0) is 12.5 Å². The van der Waals surface area contributed by atoms with Crippen LogP contribution in [0, 0.1) is 0 Å². The molecular weight excluding hydrogens is 258 g/mol. The van der Waals surface area contributed by atoms with Crippen molar-refractivity contribution in [3.05, 3.63) is 31.8 Å². The number of fused-ring (bicyclic) bond motifs is 1. The predicted octanol–water partition coefficient (Wildman–Crippen LogP) is 0.600. The van der Waals surface area contributed by atoms with E-state index in [-0.39, 0.29) is 17.1 Å². The molecule has 3 N–H and O–H groups in total. The zero-order chi connectivity index (χ0) is 12.6. The van der Waals surface area contributed by atoms with Gasteiger partial charge in [0.2, 0.25) is 0 Å². The lowest BCUT2D eigenvalue weighted by Crippen LogP contribution is -2.38. The highest BCUT2D eigenvalue weighted by Gasteiger charge is 2.10. The molecule has 0 aliphatic heterocycles. The lowest BCUT2D eigenvalue weighted by molar-refractivity contribution is 0.753. The molecule has 0 aromatic carbocycles. The number of aryl methyl sites for hydroxylation is 1. The van der Waals surface area contributed by atoms with Crippen LogP contribution in [0.1, 0.15) is 11.8 Å². The van der Waals surface area contributed by atoms with Crippen LogP contribution in [-0.2, 0) is 13.0 Å². The predicted molar refractivity (Wildman–Crippen MR) is 72.9 cm³/mol. The van der Waals surface area contributed by atoms with E-state index in [9.17, 15) is 9.59 Å². The number of rotatable bonds is 3. The van der Waals surface area contributed by atoms with Gasteiger partial charge >= 0.3 is 5.69 Å². The molecule has 0 fully saturated rings. The van der Waals surface area contributed by atoms with Gasteiger partial charge < -0.3 is 5.73 Å². The van der Waals surface area contributed by atoms with Gasteiger partial charge in [-0.25, -0.2) is 4.79 Å². The fraction of sp³-hybridized carbons (Fsp3) is 0.300. The molecule has 0 saturated carbocycles. The summed E-state index contributed by atoms with van der Waals surface area (Å²) in [6.07, 6.45) is 0.829. The van der Waals surface area contributed by atoms with E-state index in [4.69, 9.17) is 18.0 Å². The van der Waals surface area contributed by atoms with Crippen LogP contribution in [0.3, 0.4) is 0 Å². The zero-order valence-corrected chi connectivity index (χ0v) is 10.8. The van der Waals surface area contributed by atoms with E-state index >= 15 is 0 Å². The summed E-state index contributed by atoms with van der Waals surface area (Å²) < 4.78 is 1.02. The third-order valence-electron chi connectivity index (χ3n) is 2.39. The van der Waals surface area contributed by atoms with E-state index in [2.05, 4.69) is 4.98 Å². The summed E-state index contributed by atoms with van der Waals surface area (Å²) in [5.74, 6) is 0. The number of thiophene rings is 1. The lowest BCUT2D eigenvalue weighted by Gasteiger charge is -2.01. The minimum absolute atomic E-state index is 0.0310. The van der Waals surface area contributed by atoms with Crippen LogP contribution in [0.15, 0.2) is 15.7 Å². The van der Waals surface area contributed by atoms with E-state index in [0.717, 1.165) is 15.9 Å². The summed E-state index contributed by atoms with van der Waals surface area (Å²) in [4.78, 5) is 28.2. The van der Waals surface area contributed by atoms with E-state index < -0.39 is 5.69 Å². The van der Waals surface area contributed by atoms with E-state index in [1.54, 1.807) is 6.07 Å². The van der Waals surface area contributed by atoms with Crippen molar-refractivity contribution in [1.29, 1.82) is 0 Å². The number of hydrogen-bond acceptors (Lipinski definition) is 4. The van der Waals surface area contributed by atoms with Crippen molar-refractivity contribution in [2.75, 3.05) is 0 Å². The Morgan fingerprint density at radius 1 is 1.59 bits per heavy atom. The number of H-pyrrole nitrogens is 1. The Morgan fingerprint density at radius 3 is 2.88 bits per heavy atom. The largest absolute Gasteiger partial charge is 0.392 e. The molecule has 0 aliphatic rings. The molecule has 5 nitrogen and oxygen atoms in total. The normalized spacial score (nSPS) is 10.9. The van der Waals surface area contributed by atoms with Crippen molar-refractivity contribution in [2.45, 2.75) is 19.9 Å². The van der Waals surface area contributed by atoms with Crippen molar-refractivity contribution < 1.29 is 0 Å². The van der Waals surface area contributed by atoms with E-state index in [1.807, 2.05) is 6.92 Å². The molecule has 0 amide bonds. The van der Waals surface area contributed by atoms with Crippen molar-refractivity contribution in [1.82, 2.24) is 9.55 Å². The van der Waals surface area contributed by atoms with Crippen molar-refractivity contribution in [3.8, 4) is 0 Å². The summed E-state index contributed by atoms with van der Waals surface area (Å²) in [5.41, 5.74) is 4.55. The number of aromatic nitrogens is 2. The third-order valence-corrected chi connectivity index (χ3v) is 3.71. The lowest BCUT2D eigenvalue weighted by atomic mass is 10.3. The number of thiocarbonyl (C=S) groups is 1. The molecule has 7 heteroatoms. The van der Waals surface area contributed by atoms with Gasteiger partial charge in [0.05, 0.1) is 16.9 Å². The van der Waals surface area contributed by atoms with Gasteiger partial charge in [-0.15, -0.1) is 11.3 Å². The molecule has 2 rings (SSSR count).